The summed E-state index contributed by atoms with van der Waals surface area (Å²) in [6.45, 7) is 4.51. The molecule has 1 amide bonds. The van der Waals surface area contributed by atoms with Gasteiger partial charge in [0, 0.05) is 16.5 Å². The van der Waals surface area contributed by atoms with Gasteiger partial charge in [0.25, 0.3) is 5.91 Å². The van der Waals surface area contributed by atoms with E-state index in [1.165, 1.54) is 5.56 Å². The number of benzene rings is 2. The highest BCUT2D eigenvalue weighted by Crippen LogP contribution is 2.23. The lowest BCUT2D eigenvalue weighted by Crippen LogP contribution is -2.22. The van der Waals surface area contributed by atoms with Crippen LogP contribution in [0.3, 0.4) is 0 Å². The number of nitrogens with zero attached hydrogens (tertiary/aromatic N) is 1. The molecule has 3 aromatic rings. The average molecular weight is 322 g/mol. The molecule has 3 rings (SSSR count). The van der Waals surface area contributed by atoms with Crippen LogP contribution >= 0.6 is 11.3 Å². The van der Waals surface area contributed by atoms with E-state index in [1.54, 1.807) is 11.3 Å². The number of carbonyl (C=O) groups excluding carboxylic acids is 1. The minimum Gasteiger partial charge on any atom is -0.346 e. The summed E-state index contributed by atoms with van der Waals surface area (Å²) in [5, 5.41) is 5.88. The second-order valence-electron chi connectivity index (χ2n) is 5.56. The molecule has 0 saturated carbocycles. The average Bonchev–Trinajstić information content (AvgIpc) is 3.03. The molecule has 116 valence electrons. The van der Waals surface area contributed by atoms with Crippen LogP contribution in [0.4, 0.5) is 0 Å². The van der Waals surface area contributed by atoms with Gasteiger partial charge in [0.15, 0.2) is 0 Å². The van der Waals surface area contributed by atoms with E-state index in [0.29, 0.717) is 12.1 Å². The van der Waals surface area contributed by atoms with Crippen LogP contribution < -0.4 is 5.32 Å². The molecule has 0 saturated heterocycles. The van der Waals surface area contributed by atoms with Gasteiger partial charge in [0.2, 0.25) is 0 Å². The van der Waals surface area contributed by atoms with Crippen LogP contribution in [0, 0.1) is 13.8 Å². The molecular weight excluding hydrogens is 304 g/mol. The number of aryl methyl sites for hydroxylation is 2. The number of hydrogen-bond acceptors (Lipinski definition) is 3. The molecule has 1 N–H and O–H groups in total. The van der Waals surface area contributed by atoms with Gasteiger partial charge in [0.1, 0.15) is 5.01 Å². The summed E-state index contributed by atoms with van der Waals surface area (Å²) in [5.41, 5.74) is 5.03. The van der Waals surface area contributed by atoms with E-state index in [-0.39, 0.29) is 5.91 Å². The first-order chi connectivity index (χ1) is 11.1. The van der Waals surface area contributed by atoms with Crippen LogP contribution in [0.1, 0.15) is 27.2 Å². The fourth-order valence-electron chi connectivity index (χ4n) is 2.19. The lowest BCUT2D eigenvalue weighted by Gasteiger charge is -2.03. The molecular formula is C19H18N2OS. The zero-order valence-corrected chi connectivity index (χ0v) is 14.0. The normalized spacial score (nSPS) is 10.5. The first kappa shape index (κ1) is 15.4. The second kappa shape index (κ2) is 6.75. The molecule has 0 aliphatic rings. The molecule has 1 heterocycles. The summed E-state index contributed by atoms with van der Waals surface area (Å²) in [7, 11) is 0. The van der Waals surface area contributed by atoms with Crippen molar-refractivity contribution in [1.82, 2.24) is 10.3 Å². The van der Waals surface area contributed by atoms with Crippen molar-refractivity contribution in [1.29, 1.82) is 0 Å². The SMILES string of the molecule is Cc1ccc(C(=O)NCc2csc(-c3ccc(C)cc3)n2)cc1. The summed E-state index contributed by atoms with van der Waals surface area (Å²) in [4.78, 5) is 16.7. The quantitative estimate of drug-likeness (QED) is 0.775. The maximum absolute atomic E-state index is 12.1. The minimum atomic E-state index is -0.0742. The molecule has 1 aromatic heterocycles. The molecule has 0 aliphatic heterocycles. The third-order valence-corrected chi connectivity index (χ3v) is 4.53. The minimum absolute atomic E-state index is 0.0742. The van der Waals surface area contributed by atoms with Gasteiger partial charge in [-0.1, -0.05) is 47.5 Å². The molecule has 0 radical (unpaired) electrons. The Kier molecular flexibility index (Phi) is 4.53. The van der Waals surface area contributed by atoms with Crippen LogP contribution in [0.25, 0.3) is 10.6 Å². The van der Waals surface area contributed by atoms with Gasteiger partial charge in [-0.25, -0.2) is 4.98 Å². The number of thiazole rings is 1. The fraction of sp³-hybridized carbons (Fsp3) is 0.158. The molecule has 0 aliphatic carbocycles. The van der Waals surface area contributed by atoms with Crippen molar-refractivity contribution < 1.29 is 4.79 Å². The summed E-state index contributed by atoms with van der Waals surface area (Å²) in [6, 6.07) is 15.9. The van der Waals surface area contributed by atoms with Crippen LogP contribution in [-0.4, -0.2) is 10.9 Å². The Hall–Kier alpha value is -2.46. The fourth-order valence-corrected chi connectivity index (χ4v) is 3.02. The number of aromatic nitrogens is 1. The standard InChI is InChI=1S/C19H18N2OS/c1-13-3-7-15(8-4-13)18(22)20-11-17-12-23-19(21-17)16-9-5-14(2)6-10-16/h3-10,12H,11H2,1-2H3,(H,20,22). The van der Waals surface area contributed by atoms with Crippen LogP contribution in [0.15, 0.2) is 53.9 Å². The highest BCUT2D eigenvalue weighted by Gasteiger charge is 2.08. The van der Waals surface area contributed by atoms with Crippen molar-refractivity contribution in [3.8, 4) is 10.6 Å². The number of carbonyl (C=O) groups is 1. The molecule has 23 heavy (non-hydrogen) atoms. The van der Waals surface area contributed by atoms with E-state index >= 15 is 0 Å². The Morgan fingerprint density at radius 1 is 1.00 bits per heavy atom. The van der Waals surface area contributed by atoms with E-state index < -0.39 is 0 Å². The lowest BCUT2D eigenvalue weighted by molar-refractivity contribution is 0.0950. The molecule has 0 spiro atoms. The van der Waals surface area contributed by atoms with Gasteiger partial charge in [-0.05, 0) is 26.0 Å². The topological polar surface area (TPSA) is 42.0 Å². The summed E-state index contributed by atoms with van der Waals surface area (Å²) >= 11 is 1.60. The molecule has 0 bridgehead atoms. The third kappa shape index (κ3) is 3.85. The van der Waals surface area contributed by atoms with Gasteiger partial charge in [-0.15, -0.1) is 11.3 Å². The van der Waals surface area contributed by atoms with Gasteiger partial charge in [-0.3, -0.25) is 4.79 Å². The van der Waals surface area contributed by atoms with Crippen LogP contribution in [0.5, 0.6) is 0 Å². The smallest absolute Gasteiger partial charge is 0.251 e. The number of rotatable bonds is 4. The predicted molar refractivity (Wildman–Crippen MR) is 94.6 cm³/mol. The van der Waals surface area contributed by atoms with Gasteiger partial charge >= 0.3 is 0 Å². The molecule has 3 nitrogen and oxygen atoms in total. The van der Waals surface area contributed by atoms with Gasteiger partial charge in [-0.2, -0.15) is 0 Å². The summed E-state index contributed by atoms with van der Waals surface area (Å²) < 4.78 is 0. The van der Waals surface area contributed by atoms with Crippen molar-refractivity contribution in [2.75, 3.05) is 0 Å². The molecule has 2 aromatic carbocycles. The Morgan fingerprint density at radius 2 is 1.61 bits per heavy atom. The Balaban J connectivity index is 1.64. The van der Waals surface area contributed by atoms with Crippen molar-refractivity contribution in [2.45, 2.75) is 20.4 Å². The van der Waals surface area contributed by atoms with Crippen molar-refractivity contribution in [3.63, 3.8) is 0 Å². The first-order valence-corrected chi connectivity index (χ1v) is 8.36. The van der Waals surface area contributed by atoms with Crippen molar-refractivity contribution in [3.05, 3.63) is 76.3 Å². The number of amides is 1. The first-order valence-electron chi connectivity index (χ1n) is 7.48. The highest BCUT2D eigenvalue weighted by atomic mass is 32.1. The van der Waals surface area contributed by atoms with Crippen molar-refractivity contribution >= 4 is 17.2 Å². The lowest BCUT2D eigenvalue weighted by atomic mass is 10.1. The maximum Gasteiger partial charge on any atom is 0.251 e. The van der Waals surface area contributed by atoms with Gasteiger partial charge < -0.3 is 5.32 Å². The van der Waals surface area contributed by atoms with Crippen LogP contribution in [0.2, 0.25) is 0 Å². The van der Waals surface area contributed by atoms with E-state index in [1.807, 2.05) is 36.6 Å². The molecule has 0 atom stereocenters. The van der Waals surface area contributed by atoms with E-state index in [0.717, 1.165) is 21.8 Å². The van der Waals surface area contributed by atoms with E-state index in [9.17, 15) is 4.79 Å². The largest absolute Gasteiger partial charge is 0.346 e. The van der Waals surface area contributed by atoms with E-state index in [2.05, 4.69) is 41.5 Å². The van der Waals surface area contributed by atoms with E-state index in [4.69, 9.17) is 0 Å². The Morgan fingerprint density at radius 3 is 2.26 bits per heavy atom. The Labute approximate surface area is 140 Å². The molecule has 0 fully saturated rings. The van der Waals surface area contributed by atoms with Gasteiger partial charge in [0.05, 0.1) is 12.2 Å². The summed E-state index contributed by atoms with van der Waals surface area (Å²) in [6.07, 6.45) is 0. The predicted octanol–water partition coefficient (Wildman–Crippen LogP) is 4.36. The maximum atomic E-state index is 12.1. The summed E-state index contributed by atoms with van der Waals surface area (Å²) in [5.74, 6) is -0.0742. The highest BCUT2D eigenvalue weighted by molar-refractivity contribution is 7.13. The zero-order valence-electron chi connectivity index (χ0n) is 13.2. The molecule has 0 unspecified atom stereocenters. The number of hydrogen-bond donors (Lipinski definition) is 1. The van der Waals surface area contributed by atoms with Crippen LogP contribution in [-0.2, 0) is 6.54 Å². The van der Waals surface area contributed by atoms with Crippen molar-refractivity contribution in [2.24, 2.45) is 0 Å². The second-order valence-corrected chi connectivity index (χ2v) is 6.42. The zero-order chi connectivity index (χ0) is 16.2. The number of nitrogens with one attached hydrogen (secondary N) is 1. The third-order valence-electron chi connectivity index (χ3n) is 3.59. The Bertz CT molecular complexity index is 804. The monoisotopic (exact) mass is 322 g/mol. The molecule has 4 heteroatoms.